The number of nitrogens with zero attached hydrogens (tertiary/aromatic N) is 1. The number of aliphatic hydroxyl groups excluding tert-OH is 3. The van der Waals surface area contributed by atoms with Crippen LogP contribution in [0.5, 0.6) is 17.2 Å². The number of rotatable bonds is 8. The van der Waals surface area contributed by atoms with Crippen molar-refractivity contribution in [2.24, 2.45) is 5.92 Å². The molecule has 2 aromatic carbocycles. The first kappa shape index (κ1) is 30.5. The molecule has 0 bridgehead atoms. The molecule has 0 saturated heterocycles. The number of benzene rings is 2. The molecule has 4 rings (SSSR count). The Labute approximate surface area is 228 Å². The van der Waals surface area contributed by atoms with Crippen LogP contribution in [0.3, 0.4) is 0 Å². The third-order valence-electron chi connectivity index (χ3n) is 7.76. The van der Waals surface area contributed by atoms with Gasteiger partial charge in [0, 0.05) is 30.4 Å². The maximum atomic E-state index is 13.1. The van der Waals surface area contributed by atoms with Gasteiger partial charge in [0.1, 0.15) is 17.2 Å². The molecule has 0 amide bonds. The Kier molecular flexibility index (Phi) is 10.1. The highest BCUT2D eigenvalue weighted by Crippen LogP contribution is 2.47. The Morgan fingerprint density at radius 2 is 1.64 bits per heavy atom. The minimum Gasteiger partial charge on any atom is -0.507 e. The van der Waals surface area contributed by atoms with Crippen molar-refractivity contribution in [3.05, 3.63) is 51.6 Å². The average Bonchev–Trinajstić information content (AvgIpc) is 2.93. The molecule has 0 fully saturated rings. The third-order valence-corrected chi connectivity index (χ3v) is 7.76. The molecule has 0 aromatic heterocycles. The lowest BCUT2D eigenvalue weighted by Crippen LogP contribution is -2.47. The molecule has 0 saturated carbocycles. The average molecular weight is 546 g/mol. The standard InChI is InChI=1S/C21H20O6.C8H19NO3/c1-27-14-4-2-3-12-15(14)21(26)17-16(19(12)24)20(25)13-9-10(7-8-22)5-6-11(13)18(17)23;1-6(12-4)8(11)7(5-10)9(2)3/h2-4,10,22-23,25H,5-9H2,1H3;6-8,10-11H,5H2,1-4H3. The number of methoxy groups -OCH3 is 2. The Hall–Kier alpha value is -3.02. The number of ether oxygens (including phenoxy) is 2. The molecule has 10 heteroatoms. The van der Waals surface area contributed by atoms with E-state index < -0.39 is 17.7 Å². The summed E-state index contributed by atoms with van der Waals surface area (Å²) >= 11 is 0. The molecular weight excluding hydrogens is 506 g/mol. The minimum absolute atomic E-state index is 0.0439. The van der Waals surface area contributed by atoms with Crippen LogP contribution in [-0.4, -0.2) is 102 Å². The third kappa shape index (κ3) is 5.80. The van der Waals surface area contributed by atoms with Gasteiger partial charge in [0.2, 0.25) is 5.78 Å². The SMILES string of the molecule is COC(C)C(O)C(CO)N(C)C.COc1cccc2c1C(=O)c1c(O)c3c(c(O)c1C2=O)CC(CCO)CC3. The molecule has 39 heavy (non-hydrogen) atoms. The number of likely N-dealkylation sites (N-methyl/N-ethyl adjacent to an activating group) is 1. The number of carbonyl (C=O) groups is 2. The van der Waals surface area contributed by atoms with Crippen molar-refractivity contribution >= 4 is 11.6 Å². The first-order valence-electron chi connectivity index (χ1n) is 13.0. The summed E-state index contributed by atoms with van der Waals surface area (Å²) in [6.45, 7) is 1.75. The highest BCUT2D eigenvalue weighted by atomic mass is 16.5. The van der Waals surface area contributed by atoms with Crippen molar-refractivity contribution in [1.29, 1.82) is 0 Å². The van der Waals surface area contributed by atoms with Crippen LogP contribution in [-0.2, 0) is 17.6 Å². The zero-order chi connectivity index (χ0) is 29.0. The Balaban J connectivity index is 0.000000298. The van der Waals surface area contributed by atoms with Gasteiger partial charge in [0.05, 0.1) is 48.7 Å². The number of aliphatic hydroxyl groups is 3. The number of aromatic hydroxyl groups is 2. The number of hydrogen-bond acceptors (Lipinski definition) is 10. The fraction of sp³-hybridized carbons (Fsp3) is 0.517. The molecule has 214 valence electrons. The summed E-state index contributed by atoms with van der Waals surface area (Å²) in [7, 11) is 6.57. The number of phenolic OH excluding ortho intramolecular Hbond substituents is 2. The van der Waals surface area contributed by atoms with E-state index in [1.165, 1.54) is 20.3 Å². The van der Waals surface area contributed by atoms with Gasteiger partial charge in [-0.2, -0.15) is 0 Å². The van der Waals surface area contributed by atoms with Crippen LogP contribution in [0, 0.1) is 5.92 Å². The van der Waals surface area contributed by atoms with Crippen molar-refractivity contribution in [3.8, 4) is 17.2 Å². The van der Waals surface area contributed by atoms with E-state index in [9.17, 15) is 30.0 Å². The summed E-state index contributed by atoms with van der Waals surface area (Å²) in [5.41, 5.74) is 1.00. The summed E-state index contributed by atoms with van der Waals surface area (Å²) in [4.78, 5) is 28.0. The number of carbonyl (C=O) groups excluding carboxylic acids is 2. The lowest BCUT2D eigenvalue weighted by atomic mass is 9.75. The van der Waals surface area contributed by atoms with Crippen LogP contribution in [0.25, 0.3) is 0 Å². The normalized spacial score (nSPS) is 18.3. The molecule has 2 aromatic rings. The van der Waals surface area contributed by atoms with E-state index in [2.05, 4.69) is 0 Å². The number of hydrogen-bond donors (Lipinski definition) is 5. The summed E-state index contributed by atoms with van der Waals surface area (Å²) in [6.07, 6.45) is 1.34. The fourth-order valence-corrected chi connectivity index (χ4v) is 5.34. The first-order valence-corrected chi connectivity index (χ1v) is 13.0. The maximum absolute atomic E-state index is 13.1. The first-order chi connectivity index (χ1) is 18.5. The van der Waals surface area contributed by atoms with Crippen molar-refractivity contribution in [2.75, 3.05) is 41.5 Å². The number of ketones is 2. The van der Waals surface area contributed by atoms with Crippen LogP contribution >= 0.6 is 0 Å². The minimum atomic E-state index is -0.657. The highest BCUT2D eigenvalue weighted by Gasteiger charge is 2.40. The van der Waals surface area contributed by atoms with Gasteiger partial charge < -0.3 is 39.9 Å². The van der Waals surface area contributed by atoms with E-state index in [0.29, 0.717) is 30.4 Å². The molecule has 2 aliphatic carbocycles. The van der Waals surface area contributed by atoms with E-state index >= 15 is 0 Å². The molecule has 0 spiro atoms. The quantitative estimate of drug-likeness (QED) is 0.264. The predicted molar refractivity (Wildman–Crippen MR) is 144 cm³/mol. The van der Waals surface area contributed by atoms with Gasteiger partial charge in [-0.15, -0.1) is 0 Å². The zero-order valence-electron chi connectivity index (χ0n) is 23.1. The van der Waals surface area contributed by atoms with Crippen molar-refractivity contribution in [1.82, 2.24) is 4.90 Å². The molecule has 0 radical (unpaired) electrons. The smallest absolute Gasteiger partial charge is 0.202 e. The van der Waals surface area contributed by atoms with E-state index in [-0.39, 0.29) is 70.8 Å². The van der Waals surface area contributed by atoms with Gasteiger partial charge in [0.25, 0.3) is 0 Å². The Morgan fingerprint density at radius 3 is 2.21 bits per heavy atom. The molecule has 0 heterocycles. The topological polar surface area (TPSA) is 157 Å². The highest BCUT2D eigenvalue weighted by molar-refractivity contribution is 6.31. The van der Waals surface area contributed by atoms with Gasteiger partial charge in [-0.05, 0) is 58.7 Å². The second-order valence-electron chi connectivity index (χ2n) is 10.2. The van der Waals surface area contributed by atoms with Crippen molar-refractivity contribution in [2.45, 2.75) is 50.9 Å². The van der Waals surface area contributed by atoms with E-state index in [1.54, 1.807) is 24.0 Å². The van der Waals surface area contributed by atoms with E-state index in [1.807, 2.05) is 14.1 Å². The van der Waals surface area contributed by atoms with Crippen LogP contribution in [0.15, 0.2) is 18.2 Å². The van der Waals surface area contributed by atoms with Crippen LogP contribution in [0.1, 0.15) is 62.7 Å². The largest absolute Gasteiger partial charge is 0.507 e. The van der Waals surface area contributed by atoms with Gasteiger partial charge in [-0.3, -0.25) is 9.59 Å². The van der Waals surface area contributed by atoms with Crippen molar-refractivity contribution in [3.63, 3.8) is 0 Å². The maximum Gasteiger partial charge on any atom is 0.202 e. The fourth-order valence-electron chi connectivity index (χ4n) is 5.34. The van der Waals surface area contributed by atoms with Gasteiger partial charge in [0.15, 0.2) is 5.78 Å². The monoisotopic (exact) mass is 545 g/mol. The molecule has 4 atom stereocenters. The molecule has 4 unspecified atom stereocenters. The van der Waals surface area contributed by atoms with Crippen molar-refractivity contribution < 1.29 is 44.6 Å². The van der Waals surface area contributed by atoms with E-state index in [4.69, 9.17) is 14.6 Å². The van der Waals surface area contributed by atoms with Gasteiger partial charge >= 0.3 is 0 Å². The second kappa shape index (κ2) is 12.9. The van der Waals surface area contributed by atoms with Crippen LogP contribution in [0.2, 0.25) is 0 Å². The molecule has 2 aliphatic rings. The molecule has 0 aliphatic heterocycles. The Bertz CT molecular complexity index is 1210. The summed E-state index contributed by atoms with van der Waals surface area (Å²) < 4.78 is 10.2. The van der Waals surface area contributed by atoms with E-state index in [0.717, 1.165) is 6.42 Å². The predicted octanol–water partition coefficient (Wildman–Crippen LogP) is 1.67. The summed E-state index contributed by atoms with van der Waals surface area (Å²) in [5.74, 6) is -1.06. The van der Waals surface area contributed by atoms with Gasteiger partial charge in [-0.25, -0.2) is 0 Å². The van der Waals surface area contributed by atoms with Crippen LogP contribution in [0.4, 0.5) is 0 Å². The van der Waals surface area contributed by atoms with Gasteiger partial charge in [-0.1, -0.05) is 12.1 Å². The number of fused-ring (bicyclic) bond motifs is 3. The summed E-state index contributed by atoms with van der Waals surface area (Å²) in [5, 5.41) is 49.4. The number of phenols is 2. The molecule has 5 N–H and O–H groups in total. The van der Waals surface area contributed by atoms with Crippen LogP contribution < -0.4 is 4.74 Å². The zero-order valence-corrected chi connectivity index (χ0v) is 23.1. The summed E-state index contributed by atoms with van der Waals surface area (Å²) in [6, 6.07) is 4.45. The lowest BCUT2D eigenvalue weighted by molar-refractivity contribution is -0.0526. The lowest BCUT2D eigenvalue weighted by Gasteiger charge is -2.30. The Morgan fingerprint density at radius 1 is 1.00 bits per heavy atom. The molecular formula is C29H39NO9. The second-order valence-corrected chi connectivity index (χ2v) is 10.2. The molecule has 10 nitrogen and oxygen atoms in total.